The average molecular weight is 439 g/mol. The van der Waals surface area contributed by atoms with Crippen LogP contribution in [0.2, 0.25) is 0 Å². The zero-order valence-electron chi connectivity index (χ0n) is 16.0. The lowest BCUT2D eigenvalue weighted by Gasteiger charge is -2.40. The Labute approximate surface area is 175 Å². The highest BCUT2D eigenvalue weighted by molar-refractivity contribution is 5.92. The monoisotopic (exact) mass is 439 g/mol. The first-order valence-electron chi connectivity index (χ1n) is 9.06. The van der Waals surface area contributed by atoms with Crippen LogP contribution in [0.15, 0.2) is 12.1 Å². The van der Waals surface area contributed by atoms with Crippen LogP contribution >= 0.6 is 0 Å². The highest BCUT2D eigenvalue weighted by Gasteiger charge is 2.44. The van der Waals surface area contributed by atoms with Crippen LogP contribution in [0.4, 0.5) is 22.7 Å². The number of hydrogen-bond acceptors (Lipinski definition) is 12. The molecule has 0 radical (unpaired) electrons. The fourth-order valence-electron chi connectivity index (χ4n) is 3.27. The van der Waals surface area contributed by atoms with Crippen molar-refractivity contribution in [1.29, 1.82) is 0 Å². The first kappa shape index (κ1) is 22.5. The van der Waals surface area contributed by atoms with E-state index in [1.54, 1.807) is 0 Å². The second-order valence-corrected chi connectivity index (χ2v) is 6.79. The summed E-state index contributed by atoms with van der Waals surface area (Å²) in [5.74, 6) is 1.70. The number of rotatable bonds is 7. The van der Waals surface area contributed by atoms with Crippen molar-refractivity contribution in [2.45, 2.75) is 30.6 Å². The molecule has 0 aliphatic carbocycles. The average Bonchev–Trinajstić information content (AvgIpc) is 3.23. The van der Waals surface area contributed by atoms with E-state index in [0.29, 0.717) is 5.69 Å². The molecule has 14 heteroatoms. The number of carbonyl (C=O) groups is 1. The molecule has 1 aromatic carbocycles. The number of benzene rings is 1. The van der Waals surface area contributed by atoms with E-state index in [1.165, 1.54) is 17.0 Å². The number of terminal acetylenes is 1. The maximum atomic E-state index is 12.6. The molecule has 0 bridgehead atoms. The summed E-state index contributed by atoms with van der Waals surface area (Å²) in [4.78, 5) is 29.4. The number of fused-ring (bicyclic) bond motifs is 1. The van der Waals surface area contributed by atoms with Gasteiger partial charge in [0.25, 0.3) is 5.69 Å². The number of hydrogen-bond donors (Lipinski definition) is 7. The largest absolute Gasteiger partial charge is 0.394 e. The molecule has 2 aliphatic heterocycles. The number of carbonyl (C=O) groups excluding carboxylic acids is 1. The van der Waals surface area contributed by atoms with Gasteiger partial charge in [0.1, 0.15) is 30.1 Å². The molecule has 1 aromatic rings. The lowest BCUT2D eigenvalue weighted by molar-refractivity contribution is -0.384. The first-order chi connectivity index (χ1) is 14.8. The minimum atomic E-state index is -1.65. The zero-order valence-corrected chi connectivity index (χ0v) is 16.0. The molecule has 3 rings (SSSR count). The molecule has 1 amide bonds. The number of ether oxygens (including phenoxy) is 1. The summed E-state index contributed by atoms with van der Waals surface area (Å²) >= 11 is 0. The van der Waals surface area contributed by atoms with E-state index in [9.17, 15) is 35.3 Å². The molecule has 1 fully saturated rings. The van der Waals surface area contributed by atoms with E-state index >= 15 is 0 Å². The number of nitro groups is 1. The Morgan fingerprint density at radius 1 is 1.26 bits per heavy atom. The van der Waals surface area contributed by atoms with E-state index in [-0.39, 0.29) is 30.2 Å². The van der Waals surface area contributed by atoms with Crippen LogP contribution < -0.4 is 21.2 Å². The Morgan fingerprint density at radius 2 is 1.97 bits per heavy atom. The van der Waals surface area contributed by atoms with Gasteiger partial charge >= 0.3 is 0 Å². The molecule has 2 heterocycles. The summed E-state index contributed by atoms with van der Waals surface area (Å²) in [6, 6.07) is 2.61. The second-order valence-electron chi connectivity index (χ2n) is 6.79. The van der Waals surface area contributed by atoms with Crippen molar-refractivity contribution in [2.75, 3.05) is 35.6 Å². The number of nitrogens with one attached hydrogen (secondary N) is 3. The Morgan fingerprint density at radius 3 is 2.61 bits per heavy atom. The predicted molar refractivity (Wildman–Crippen MR) is 104 cm³/mol. The highest BCUT2D eigenvalue weighted by atomic mass is 16.8. The molecule has 0 saturated carbocycles. The van der Waals surface area contributed by atoms with E-state index in [4.69, 9.17) is 16.1 Å². The Kier molecular flexibility index (Phi) is 6.75. The van der Waals surface area contributed by atoms with E-state index < -0.39 is 48.1 Å². The van der Waals surface area contributed by atoms with Gasteiger partial charge in [0.15, 0.2) is 11.9 Å². The molecule has 0 spiro atoms. The van der Waals surface area contributed by atoms with Crippen LogP contribution in [0.3, 0.4) is 0 Å². The molecule has 0 unspecified atom stereocenters. The number of amides is 1. The molecule has 1 saturated heterocycles. The zero-order chi connectivity index (χ0) is 22.7. The summed E-state index contributed by atoms with van der Waals surface area (Å²) in [7, 11) is 0. The summed E-state index contributed by atoms with van der Waals surface area (Å²) in [5, 5.41) is 52.5. The summed E-state index contributed by atoms with van der Waals surface area (Å²) in [6.07, 6.45) is -2.06. The maximum Gasteiger partial charge on any atom is 0.297 e. The van der Waals surface area contributed by atoms with Crippen molar-refractivity contribution in [2.24, 2.45) is 0 Å². The molecule has 5 atom stereocenters. The smallest absolute Gasteiger partial charge is 0.297 e. The van der Waals surface area contributed by atoms with Crippen molar-refractivity contribution < 1.29 is 39.8 Å². The Hall–Kier alpha value is -3.19. The maximum absolute atomic E-state index is 12.6. The Balaban J connectivity index is 1.77. The minimum absolute atomic E-state index is 0.0545. The van der Waals surface area contributed by atoms with Crippen molar-refractivity contribution in [3.63, 3.8) is 0 Å². The third kappa shape index (κ3) is 4.46. The predicted octanol–water partition coefficient (Wildman–Crippen LogP) is -2.37. The fraction of sp³-hybridized carbons (Fsp3) is 0.471. The molecule has 31 heavy (non-hydrogen) atoms. The van der Waals surface area contributed by atoms with Crippen LogP contribution in [0.25, 0.3) is 0 Å². The molecule has 7 N–H and O–H groups in total. The molecule has 0 aromatic heterocycles. The molecule has 168 valence electrons. The lowest BCUT2D eigenvalue weighted by Crippen LogP contribution is -2.63. The number of aliphatic hydroxyl groups excluding tert-OH is 4. The summed E-state index contributed by atoms with van der Waals surface area (Å²) in [5.41, 5.74) is 5.18. The number of aliphatic hydroxyl groups is 4. The normalized spacial score (nSPS) is 26.7. The van der Waals surface area contributed by atoms with Gasteiger partial charge in [0, 0.05) is 6.07 Å². The third-order valence-corrected chi connectivity index (χ3v) is 4.82. The van der Waals surface area contributed by atoms with Gasteiger partial charge in [0.05, 0.1) is 30.3 Å². The van der Waals surface area contributed by atoms with Gasteiger partial charge in [-0.2, -0.15) is 4.94 Å². The minimum Gasteiger partial charge on any atom is -0.394 e. The number of nitro benzene ring substituents is 1. The second kappa shape index (κ2) is 9.31. The van der Waals surface area contributed by atoms with Gasteiger partial charge in [0.2, 0.25) is 5.91 Å². The van der Waals surface area contributed by atoms with Crippen molar-refractivity contribution >= 4 is 28.7 Å². The van der Waals surface area contributed by atoms with E-state index in [2.05, 4.69) is 22.2 Å². The van der Waals surface area contributed by atoms with Crippen LogP contribution in [-0.4, -0.2) is 81.6 Å². The van der Waals surface area contributed by atoms with Crippen LogP contribution in [0.5, 0.6) is 0 Å². The van der Waals surface area contributed by atoms with Crippen molar-refractivity contribution in [3.05, 3.63) is 22.2 Å². The van der Waals surface area contributed by atoms with Gasteiger partial charge < -0.3 is 35.4 Å². The SMILES string of the molecule is C#CCN(CC(=O)N[C@@H]1O[C@H](CO)[C@@H](O)[C@H](O)[C@H]1O)c1ccc([N+](=O)[O-])c2c1NON2. The van der Waals surface area contributed by atoms with Gasteiger partial charge in [-0.15, -0.1) is 6.42 Å². The van der Waals surface area contributed by atoms with Gasteiger partial charge in [-0.25, -0.2) is 11.0 Å². The topological polar surface area (TPSA) is 199 Å². The molecule has 14 nitrogen and oxygen atoms in total. The van der Waals surface area contributed by atoms with E-state index in [0.717, 1.165) is 0 Å². The molecule has 2 aliphatic rings. The van der Waals surface area contributed by atoms with Crippen LogP contribution in [0.1, 0.15) is 0 Å². The van der Waals surface area contributed by atoms with Crippen LogP contribution in [0, 0.1) is 22.5 Å². The summed E-state index contributed by atoms with van der Waals surface area (Å²) < 4.78 is 5.25. The lowest BCUT2D eigenvalue weighted by atomic mass is 9.98. The van der Waals surface area contributed by atoms with Crippen LogP contribution in [-0.2, 0) is 14.5 Å². The van der Waals surface area contributed by atoms with Crippen molar-refractivity contribution in [3.8, 4) is 12.3 Å². The molecular weight excluding hydrogens is 418 g/mol. The summed E-state index contributed by atoms with van der Waals surface area (Å²) in [6.45, 7) is -1.06. The van der Waals surface area contributed by atoms with Gasteiger partial charge in [-0.05, 0) is 6.07 Å². The number of nitrogens with zero attached hydrogens (tertiary/aromatic N) is 2. The Bertz CT molecular complexity index is 889. The van der Waals surface area contributed by atoms with Crippen molar-refractivity contribution in [1.82, 2.24) is 5.32 Å². The van der Waals surface area contributed by atoms with Gasteiger partial charge in [-0.1, -0.05) is 5.92 Å². The standard InChI is InChI=1S/C17H21N5O9/c1-2-5-21(8-3-4-9(22(28)29)13-12(8)19-31-20-13)6-11(24)18-17-16(27)15(26)14(25)10(7-23)30-17/h1,3-4,10,14-17,19-20,23,25-27H,5-7H2,(H,18,24)/t10-,14-,15+,16-,17-/m1/s1. The first-order valence-corrected chi connectivity index (χ1v) is 9.06. The highest BCUT2D eigenvalue weighted by Crippen LogP contribution is 2.43. The quantitative estimate of drug-likeness (QED) is 0.136. The molecular formula is C17H21N5O9. The van der Waals surface area contributed by atoms with Gasteiger partial charge in [-0.3, -0.25) is 14.9 Å². The van der Waals surface area contributed by atoms with E-state index in [1.807, 2.05) is 0 Å². The fourth-order valence-corrected chi connectivity index (χ4v) is 3.27. The third-order valence-electron chi connectivity index (χ3n) is 4.82. The number of anilines is 3.